The number of amides is 1. The molecule has 0 heterocycles. The first-order valence-corrected chi connectivity index (χ1v) is 7.37. The molecule has 0 saturated carbocycles. The number of nitrogens with zero attached hydrogens (tertiary/aromatic N) is 1. The van der Waals surface area contributed by atoms with Crippen LogP contribution in [0.5, 0.6) is 0 Å². The summed E-state index contributed by atoms with van der Waals surface area (Å²) in [6.45, 7) is 4.20. The van der Waals surface area contributed by atoms with Crippen LogP contribution in [0.4, 0.5) is 5.69 Å². The quantitative estimate of drug-likeness (QED) is 0.911. The fraction of sp³-hybridized carbons (Fsp3) is 0.263. The minimum absolute atomic E-state index is 0.171. The number of rotatable bonds is 5. The average Bonchev–Trinajstić information content (AvgIpc) is 2.56. The molecule has 0 unspecified atom stereocenters. The normalized spacial score (nSPS) is 10.9. The van der Waals surface area contributed by atoms with Crippen LogP contribution in [0.3, 0.4) is 0 Å². The third kappa shape index (κ3) is 4.18. The number of methoxy groups -OCH3 is 1. The highest BCUT2D eigenvalue weighted by Gasteiger charge is 2.19. The predicted molar refractivity (Wildman–Crippen MR) is 90.2 cm³/mol. The lowest BCUT2D eigenvalue weighted by molar-refractivity contribution is 0.102. The Labute approximate surface area is 136 Å². The first-order valence-electron chi connectivity index (χ1n) is 7.37. The van der Waals surface area contributed by atoms with Crippen LogP contribution in [0.15, 0.2) is 48.5 Å². The second-order valence-electron chi connectivity index (χ2n) is 5.90. The Kier molecular flexibility index (Phi) is 5.15. The molecule has 0 aromatic heterocycles. The van der Waals surface area contributed by atoms with E-state index in [1.54, 1.807) is 13.2 Å². The highest BCUT2D eigenvalue weighted by atomic mass is 16.5. The number of hydrogen-bond acceptors (Lipinski definition) is 3. The largest absolute Gasteiger partial charge is 0.380 e. The molecular formula is C19H20N2O2. The van der Waals surface area contributed by atoms with Gasteiger partial charge in [-0.3, -0.25) is 4.79 Å². The molecule has 1 N–H and O–H groups in total. The smallest absolute Gasteiger partial charge is 0.255 e. The van der Waals surface area contributed by atoms with Crippen LogP contribution in [0, 0.1) is 11.3 Å². The summed E-state index contributed by atoms with van der Waals surface area (Å²) in [5, 5.41) is 12.0. The van der Waals surface area contributed by atoms with Crippen LogP contribution in [-0.4, -0.2) is 13.0 Å². The van der Waals surface area contributed by atoms with E-state index in [1.165, 1.54) is 0 Å². The molecule has 0 aliphatic rings. The maximum atomic E-state index is 12.3. The van der Waals surface area contributed by atoms with Crippen LogP contribution in [0.1, 0.15) is 35.3 Å². The molecule has 2 rings (SSSR count). The van der Waals surface area contributed by atoms with E-state index >= 15 is 0 Å². The van der Waals surface area contributed by atoms with Gasteiger partial charge in [-0.05, 0) is 49.2 Å². The van der Waals surface area contributed by atoms with E-state index in [1.807, 2.05) is 56.3 Å². The van der Waals surface area contributed by atoms with Crippen molar-refractivity contribution < 1.29 is 9.53 Å². The van der Waals surface area contributed by atoms with E-state index in [4.69, 9.17) is 10.00 Å². The van der Waals surface area contributed by atoms with Crippen LogP contribution < -0.4 is 5.32 Å². The SMILES string of the molecule is COCc1cccc(C(=O)Nc2ccc(C(C)(C)C#N)cc2)c1. The highest BCUT2D eigenvalue weighted by molar-refractivity contribution is 6.04. The summed E-state index contributed by atoms with van der Waals surface area (Å²) in [5.41, 5.74) is 2.61. The zero-order chi connectivity index (χ0) is 16.9. The molecule has 0 aliphatic heterocycles. The standard InChI is InChI=1S/C19H20N2O2/c1-19(2,13-20)16-7-9-17(10-8-16)21-18(22)15-6-4-5-14(11-15)12-23-3/h4-11H,12H2,1-3H3,(H,21,22). The molecule has 2 aromatic rings. The van der Waals surface area contributed by atoms with Gasteiger partial charge in [-0.15, -0.1) is 0 Å². The lowest BCUT2D eigenvalue weighted by Crippen LogP contribution is -2.15. The maximum absolute atomic E-state index is 12.3. The molecule has 0 spiro atoms. The molecule has 118 valence electrons. The summed E-state index contributed by atoms with van der Waals surface area (Å²) in [5.74, 6) is -0.171. The van der Waals surface area contributed by atoms with Crippen molar-refractivity contribution in [3.05, 3.63) is 65.2 Å². The number of ether oxygens (including phenoxy) is 1. The van der Waals surface area contributed by atoms with E-state index in [2.05, 4.69) is 11.4 Å². The zero-order valence-electron chi connectivity index (χ0n) is 13.6. The lowest BCUT2D eigenvalue weighted by Gasteiger charge is -2.16. The molecule has 1 amide bonds. The fourth-order valence-electron chi connectivity index (χ4n) is 2.21. The third-order valence-electron chi connectivity index (χ3n) is 3.64. The van der Waals surface area contributed by atoms with Crippen molar-refractivity contribution in [2.24, 2.45) is 0 Å². The minimum atomic E-state index is -0.545. The van der Waals surface area contributed by atoms with Gasteiger partial charge in [0, 0.05) is 18.4 Å². The lowest BCUT2D eigenvalue weighted by atomic mass is 9.86. The van der Waals surface area contributed by atoms with Crippen molar-refractivity contribution >= 4 is 11.6 Å². The summed E-state index contributed by atoms with van der Waals surface area (Å²) in [4.78, 5) is 12.3. The second kappa shape index (κ2) is 7.08. The van der Waals surface area contributed by atoms with Crippen LogP contribution in [0.2, 0.25) is 0 Å². The summed E-state index contributed by atoms with van der Waals surface area (Å²) in [6.07, 6.45) is 0. The van der Waals surface area contributed by atoms with Crippen LogP contribution >= 0.6 is 0 Å². The van der Waals surface area contributed by atoms with Crippen molar-refractivity contribution in [2.75, 3.05) is 12.4 Å². The molecule has 0 fully saturated rings. The number of hydrogen-bond donors (Lipinski definition) is 1. The van der Waals surface area contributed by atoms with Crippen molar-refractivity contribution in [1.29, 1.82) is 5.26 Å². The van der Waals surface area contributed by atoms with Gasteiger partial charge >= 0.3 is 0 Å². The first kappa shape index (κ1) is 16.7. The van der Waals surface area contributed by atoms with E-state index < -0.39 is 5.41 Å². The molecular weight excluding hydrogens is 288 g/mol. The molecule has 0 radical (unpaired) electrons. The summed E-state index contributed by atoms with van der Waals surface area (Å²) in [6, 6.07) is 16.9. The molecule has 4 nitrogen and oxygen atoms in total. The molecule has 0 aliphatic carbocycles. The number of benzene rings is 2. The predicted octanol–water partition coefficient (Wildman–Crippen LogP) is 3.89. The van der Waals surface area contributed by atoms with Crippen LogP contribution in [-0.2, 0) is 16.8 Å². The first-order chi connectivity index (χ1) is 11.0. The Balaban J connectivity index is 2.12. The van der Waals surface area contributed by atoms with E-state index in [0.29, 0.717) is 17.9 Å². The summed E-state index contributed by atoms with van der Waals surface area (Å²) < 4.78 is 5.08. The van der Waals surface area contributed by atoms with Gasteiger partial charge < -0.3 is 10.1 Å². The molecule has 23 heavy (non-hydrogen) atoms. The Morgan fingerprint density at radius 2 is 1.91 bits per heavy atom. The molecule has 4 heteroatoms. The Hall–Kier alpha value is -2.64. The number of nitrogens with one attached hydrogen (secondary N) is 1. The van der Waals surface area contributed by atoms with E-state index in [-0.39, 0.29) is 5.91 Å². The fourth-order valence-corrected chi connectivity index (χ4v) is 2.21. The van der Waals surface area contributed by atoms with Gasteiger partial charge in [-0.1, -0.05) is 24.3 Å². The minimum Gasteiger partial charge on any atom is -0.380 e. The van der Waals surface area contributed by atoms with Crippen molar-refractivity contribution in [2.45, 2.75) is 25.9 Å². The highest BCUT2D eigenvalue weighted by Crippen LogP contribution is 2.23. The average molecular weight is 308 g/mol. The monoisotopic (exact) mass is 308 g/mol. The van der Waals surface area contributed by atoms with Crippen LogP contribution in [0.25, 0.3) is 0 Å². The summed E-state index contributed by atoms with van der Waals surface area (Å²) >= 11 is 0. The number of carbonyl (C=O) groups excluding carboxylic acids is 1. The van der Waals surface area contributed by atoms with Gasteiger partial charge in [0.1, 0.15) is 0 Å². The van der Waals surface area contributed by atoms with Gasteiger partial charge in [-0.25, -0.2) is 0 Å². The maximum Gasteiger partial charge on any atom is 0.255 e. The number of anilines is 1. The van der Waals surface area contributed by atoms with Gasteiger partial charge in [0.25, 0.3) is 5.91 Å². The van der Waals surface area contributed by atoms with Gasteiger partial charge in [0.15, 0.2) is 0 Å². The van der Waals surface area contributed by atoms with Gasteiger partial charge in [-0.2, -0.15) is 5.26 Å². The molecule has 0 atom stereocenters. The topological polar surface area (TPSA) is 62.1 Å². The third-order valence-corrected chi connectivity index (χ3v) is 3.64. The van der Waals surface area contributed by atoms with Gasteiger partial charge in [0.05, 0.1) is 18.1 Å². The zero-order valence-corrected chi connectivity index (χ0v) is 13.6. The number of carbonyl (C=O) groups is 1. The Morgan fingerprint density at radius 1 is 1.22 bits per heavy atom. The Morgan fingerprint density at radius 3 is 2.52 bits per heavy atom. The number of nitriles is 1. The van der Waals surface area contributed by atoms with Crippen molar-refractivity contribution in [3.63, 3.8) is 0 Å². The van der Waals surface area contributed by atoms with Crippen molar-refractivity contribution in [1.82, 2.24) is 0 Å². The van der Waals surface area contributed by atoms with E-state index in [0.717, 1.165) is 11.1 Å². The van der Waals surface area contributed by atoms with E-state index in [9.17, 15) is 4.79 Å². The van der Waals surface area contributed by atoms with Gasteiger partial charge in [0.2, 0.25) is 0 Å². The molecule has 2 aromatic carbocycles. The molecule has 0 bridgehead atoms. The molecule has 0 saturated heterocycles. The second-order valence-corrected chi connectivity index (χ2v) is 5.90. The Bertz CT molecular complexity index is 728. The van der Waals surface area contributed by atoms with Crippen molar-refractivity contribution in [3.8, 4) is 6.07 Å². The summed E-state index contributed by atoms with van der Waals surface area (Å²) in [7, 11) is 1.62.